The molecule has 0 aromatic carbocycles. The standard InChI is InChI=1S/C33H51F3O3/c1-20(2)8-7-9-21(3)26-12-13-27-25-11-10-23-19-24(39-30(38)22(4)18-29(37)33(34,35)36)14-16-31(23,5)28(25)15-17-32(26,27)6/h10,20-21,24-29,37H,4,7-9,11-19H2,1-3,5-6H3/t21-,24+,25?,26-,27+,28+,29?,31+,32-/m1/s1. The molecule has 1 N–H and O–H groups in total. The summed E-state index contributed by atoms with van der Waals surface area (Å²) in [4.78, 5) is 12.5. The smallest absolute Gasteiger partial charge is 0.414 e. The zero-order valence-corrected chi connectivity index (χ0v) is 24.8. The summed E-state index contributed by atoms with van der Waals surface area (Å²) in [5.41, 5.74) is 1.59. The summed E-state index contributed by atoms with van der Waals surface area (Å²) in [5, 5.41) is 9.29. The van der Waals surface area contributed by atoms with Crippen LogP contribution >= 0.6 is 0 Å². The van der Waals surface area contributed by atoms with Crippen LogP contribution in [0.3, 0.4) is 0 Å². The molecule has 0 radical (unpaired) electrons. The second-order valence-corrected chi connectivity index (χ2v) is 14.4. The van der Waals surface area contributed by atoms with Crippen LogP contribution in [-0.4, -0.2) is 29.5 Å². The maximum absolute atomic E-state index is 12.7. The molecule has 3 nitrogen and oxygen atoms in total. The second kappa shape index (κ2) is 11.5. The molecule has 0 amide bonds. The summed E-state index contributed by atoms with van der Waals surface area (Å²) in [7, 11) is 0. The first kappa shape index (κ1) is 30.7. The highest BCUT2D eigenvalue weighted by Crippen LogP contribution is 2.67. The number of allylic oxidation sites excluding steroid dienone is 1. The van der Waals surface area contributed by atoms with E-state index in [1.807, 2.05) is 0 Å². The third kappa shape index (κ3) is 6.16. The number of aliphatic hydroxyl groups excluding tert-OH is 1. The molecule has 0 heterocycles. The fourth-order valence-corrected chi connectivity index (χ4v) is 9.42. The molecule has 0 spiro atoms. The monoisotopic (exact) mass is 552 g/mol. The van der Waals surface area contributed by atoms with Gasteiger partial charge < -0.3 is 9.84 Å². The van der Waals surface area contributed by atoms with Gasteiger partial charge in [-0.15, -0.1) is 0 Å². The second-order valence-electron chi connectivity index (χ2n) is 14.4. The number of hydrogen-bond acceptors (Lipinski definition) is 3. The van der Waals surface area contributed by atoms with Gasteiger partial charge in [-0.05, 0) is 91.3 Å². The number of rotatable bonds is 9. The normalized spacial score (nSPS) is 37.8. The van der Waals surface area contributed by atoms with Crippen molar-refractivity contribution in [1.29, 1.82) is 0 Å². The fourth-order valence-electron chi connectivity index (χ4n) is 9.42. The number of carbonyl (C=O) groups excluding carboxylic acids is 1. The zero-order valence-electron chi connectivity index (χ0n) is 24.8. The number of halogens is 3. The molecule has 0 aromatic rings. The predicted molar refractivity (Wildman–Crippen MR) is 149 cm³/mol. The Kier molecular flexibility index (Phi) is 9.06. The number of carbonyl (C=O) groups is 1. The van der Waals surface area contributed by atoms with E-state index < -0.39 is 24.7 Å². The Morgan fingerprint density at radius 3 is 2.49 bits per heavy atom. The van der Waals surface area contributed by atoms with Crippen molar-refractivity contribution in [2.45, 2.75) is 130 Å². The molecule has 0 saturated heterocycles. The Morgan fingerprint density at radius 2 is 1.82 bits per heavy atom. The van der Waals surface area contributed by atoms with E-state index in [1.54, 1.807) is 0 Å². The number of ether oxygens (including phenoxy) is 1. The van der Waals surface area contributed by atoms with Gasteiger partial charge in [-0.1, -0.05) is 72.1 Å². The Balaban J connectivity index is 1.38. The SMILES string of the molecule is C=C(CC(O)C(F)(F)F)C(=O)O[C@H]1CC[C@@]2(C)C(=CCC3[C@@H]4CC[C@H]([C@H](C)CCCC(C)C)[C@@]4(C)CC[C@@H]32)C1. The highest BCUT2D eigenvalue weighted by molar-refractivity contribution is 5.87. The van der Waals surface area contributed by atoms with Crippen molar-refractivity contribution in [3.05, 3.63) is 23.8 Å². The van der Waals surface area contributed by atoms with Crippen LogP contribution in [0.2, 0.25) is 0 Å². The van der Waals surface area contributed by atoms with Crippen LogP contribution < -0.4 is 0 Å². The van der Waals surface area contributed by atoms with Crippen LogP contribution in [0.25, 0.3) is 0 Å². The lowest BCUT2D eigenvalue weighted by Gasteiger charge is -2.58. The minimum atomic E-state index is -4.78. The number of esters is 1. The molecular formula is C33H51F3O3. The fraction of sp³-hybridized carbons (Fsp3) is 0.848. The molecule has 9 atom stereocenters. The average Bonchev–Trinajstić information content (AvgIpc) is 3.20. The van der Waals surface area contributed by atoms with Crippen LogP contribution in [0.15, 0.2) is 23.8 Å². The molecule has 0 aliphatic heterocycles. The Bertz CT molecular complexity index is 939. The third-order valence-electron chi connectivity index (χ3n) is 11.6. The maximum Gasteiger partial charge on any atom is 0.414 e. The minimum Gasteiger partial charge on any atom is -0.459 e. The van der Waals surface area contributed by atoms with Crippen LogP contribution in [-0.2, 0) is 9.53 Å². The van der Waals surface area contributed by atoms with Gasteiger partial charge in [0.05, 0.1) is 0 Å². The van der Waals surface area contributed by atoms with Gasteiger partial charge in [0, 0.05) is 18.4 Å². The van der Waals surface area contributed by atoms with E-state index in [0.29, 0.717) is 23.7 Å². The van der Waals surface area contributed by atoms with Crippen molar-refractivity contribution in [2.24, 2.45) is 46.3 Å². The lowest BCUT2D eigenvalue weighted by molar-refractivity contribution is -0.203. The molecule has 3 fully saturated rings. The highest BCUT2D eigenvalue weighted by Gasteiger charge is 2.59. The van der Waals surface area contributed by atoms with E-state index in [4.69, 9.17) is 4.74 Å². The van der Waals surface area contributed by atoms with Gasteiger partial charge in [-0.2, -0.15) is 13.2 Å². The summed E-state index contributed by atoms with van der Waals surface area (Å²) in [5.74, 6) is 3.72. The van der Waals surface area contributed by atoms with Crippen molar-refractivity contribution in [3.8, 4) is 0 Å². The Labute approximate surface area is 234 Å². The van der Waals surface area contributed by atoms with Gasteiger partial charge in [0.25, 0.3) is 0 Å². The average molecular weight is 553 g/mol. The molecule has 0 aromatic heterocycles. The van der Waals surface area contributed by atoms with Crippen molar-refractivity contribution in [1.82, 2.24) is 0 Å². The summed E-state index contributed by atoms with van der Waals surface area (Å²) in [6, 6.07) is 0. The maximum atomic E-state index is 12.7. The topological polar surface area (TPSA) is 46.5 Å². The molecule has 222 valence electrons. The van der Waals surface area contributed by atoms with Crippen LogP contribution in [0.1, 0.15) is 112 Å². The lowest BCUT2D eigenvalue weighted by atomic mass is 9.47. The molecule has 39 heavy (non-hydrogen) atoms. The minimum absolute atomic E-state index is 0.109. The number of hydrogen-bond donors (Lipinski definition) is 1. The first-order valence-corrected chi connectivity index (χ1v) is 15.5. The quantitative estimate of drug-likeness (QED) is 0.177. The Hall–Kier alpha value is -1.30. The number of aliphatic hydroxyl groups is 1. The van der Waals surface area contributed by atoms with Gasteiger partial charge in [-0.25, -0.2) is 4.79 Å². The first-order chi connectivity index (χ1) is 18.2. The predicted octanol–water partition coefficient (Wildman–Crippen LogP) is 8.81. The molecule has 4 aliphatic carbocycles. The van der Waals surface area contributed by atoms with Gasteiger partial charge in [0.1, 0.15) is 6.10 Å². The zero-order chi connectivity index (χ0) is 28.8. The van der Waals surface area contributed by atoms with Crippen molar-refractivity contribution in [2.75, 3.05) is 0 Å². The molecule has 2 unspecified atom stereocenters. The van der Waals surface area contributed by atoms with Gasteiger partial charge >= 0.3 is 12.1 Å². The largest absolute Gasteiger partial charge is 0.459 e. The van der Waals surface area contributed by atoms with E-state index in [9.17, 15) is 23.1 Å². The van der Waals surface area contributed by atoms with Gasteiger partial charge in [0.15, 0.2) is 6.10 Å². The molecular weight excluding hydrogens is 501 g/mol. The van der Waals surface area contributed by atoms with E-state index in [0.717, 1.165) is 42.9 Å². The van der Waals surface area contributed by atoms with Crippen molar-refractivity contribution in [3.63, 3.8) is 0 Å². The van der Waals surface area contributed by atoms with Gasteiger partial charge in [0.2, 0.25) is 0 Å². The van der Waals surface area contributed by atoms with Gasteiger partial charge in [-0.3, -0.25) is 0 Å². The molecule has 4 rings (SSSR count). The number of fused-ring (bicyclic) bond motifs is 5. The summed E-state index contributed by atoms with van der Waals surface area (Å²) < 4.78 is 43.7. The molecule has 6 heteroatoms. The Morgan fingerprint density at radius 1 is 1.10 bits per heavy atom. The third-order valence-corrected chi connectivity index (χ3v) is 11.6. The lowest BCUT2D eigenvalue weighted by Crippen LogP contribution is -2.51. The summed E-state index contributed by atoms with van der Waals surface area (Å²) in [6.07, 6.45) is 6.56. The molecule has 0 bridgehead atoms. The van der Waals surface area contributed by atoms with E-state index in [-0.39, 0.29) is 17.1 Å². The van der Waals surface area contributed by atoms with Crippen molar-refractivity contribution < 1.29 is 27.8 Å². The molecule has 3 saturated carbocycles. The summed E-state index contributed by atoms with van der Waals surface area (Å²) >= 11 is 0. The van der Waals surface area contributed by atoms with E-state index in [2.05, 4.69) is 47.3 Å². The van der Waals surface area contributed by atoms with Crippen LogP contribution in [0, 0.1) is 46.3 Å². The highest BCUT2D eigenvalue weighted by atomic mass is 19.4. The summed E-state index contributed by atoms with van der Waals surface area (Å²) in [6.45, 7) is 15.6. The van der Waals surface area contributed by atoms with E-state index >= 15 is 0 Å². The van der Waals surface area contributed by atoms with Crippen LogP contribution in [0.5, 0.6) is 0 Å². The molecule has 4 aliphatic rings. The van der Waals surface area contributed by atoms with Crippen molar-refractivity contribution >= 4 is 5.97 Å². The number of alkyl halides is 3. The van der Waals surface area contributed by atoms with E-state index in [1.165, 1.54) is 50.5 Å². The first-order valence-electron chi connectivity index (χ1n) is 15.5. The van der Waals surface area contributed by atoms with Crippen LogP contribution in [0.4, 0.5) is 13.2 Å².